The van der Waals surface area contributed by atoms with Gasteiger partial charge < -0.3 is 10.4 Å². The van der Waals surface area contributed by atoms with Crippen LogP contribution in [0.1, 0.15) is 23.4 Å². The minimum absolute atomic E-state index is 0.265. The maximum absolute atomic E-state index is 9.67. The minimum atomic E-state index is 0.265. The van der Waals surface area contributed by atoms with Crippen LogP contribution in [0.15, 0.2) is 42.5 Å². The van der Waals surface area contributed by atoms with Crippen LogP contribution in [0.4, 0.5) is 0 Å². The minimum Gasteiger partial charge on any atom is -0.506 e. The van der Waals surface area contributed by atoms with Gasteiger partial charge in [-0.2, -0.15) is 0 Å². The molecule has 100 valence electrons. The van der Waals surface area contributed by atoms with E-state index in [1.165, 1.54) is 5.56 Å². The van der Waals surface area contributed by atoms with Gasteiger partial charge >= 0.3 is 0 Å². The molecular weight excluding hydrogens is 236 g/mol. The number of benzene rings is 1. The molecule has 0 amide bonds. The number of hydrogen-bond acceptors (Lipinski definition) is 3. The first-order chi connectivity index (χ1) is 9.25. The summed E-state index contributed by atoms with van der Waals surface area (Å²) in [5.41, 5.74) is 3.01. The number of pyridine rings is 1. The fourth-order valence-corrected chi connectivity index (χ4v) is 2.00. The number of nitrogens with zero attached hydrogens (tertiary/aromatic N) is 1. The number of rotatable bonds is 6. The Morgan fingerprint density at radius 3 is 2.68 bits per heavy atom. The van der Waals surface area contributed by atoms with Crippen molar-refractivity contribution in [1.82, 2.24) is 10.3 Å². The molecule has 0 bridgehead atoms. The van der Waals surface area contributed by atoms with Crippen LogP contribution in [-0.4, -0.2) is 16.6 Å². The summed E-state index contributed by atoms with van der Waals surface area (Å²) in [4.78, 5) is 4.32. The first-order valence-corrected chi connectivity index (χ1v) is 6.66. The number of aromatic hydroxyl groups is 1. The summed E-state index contributed by atoms with van der Waals surface area (Å²) in [6.07, 6.45) is 2.15. The van der Waals surface area contributed by atoms with Crippen molar-refractivity contribution in [2.24, 2.45) is 0 Å². The predicted octanol–water partition coefficient (Wildman–Crippen LogP) is 2.82. The Kier molecular flexibility index (Phi) is 4.93. The van der Waals surface area contributed by atoms with Gasteiger partial charge in [-0.25, -0.2) is 0 Å². The molecule has 0 fully saturated rings. The second kappa shape index (κ2) is 6.90. The summed E-state index contributed by atoms with van der Waals surface area (Å²) in [5, 5.41) is 13.0. The Hall–Kier alpha value is -1.87. The Bertz CT molecular complexity index is 511. The lowest BCUT2D eigenvalue weighted by Gasteiger charge is -2.07. The van der Waals surface area contributed by atoms with Crippen molar-refractivity contribution in [1.29, 1.82) is 0 Å². The Morgan fingerprint density at radius 1 is 1.11 bits per heavy atom. The zero-order chi connectivity index (χ0) is 13.5. The lowest BCUT2D eigenvalue weighted by atomic mass is 10.1. The van der Waals surface area contributed by atoms with Crippen LogP contribution in [0, 0.1) is 6.92 Å². The highest BCUT2D eigenvalue weighted by atomic mass is 16.3. The van der Waals surface area contributed by atoms with E-state index in [4.69, 9.17) is 0 Å². The summed E-state index contributed by atoms with van der Waals surface area (Å²) in [7, 11) is 0. The van der Waals surface area contributed by atoms with Crippen LogP contribution in [0.5, 0.6) is 5.75 Å². The highest BCUT2D eigenvalue weighted by Crippen LogP contribution is 2.14. The monoisotopic (exact) mass is 256 g/mol. The molecule has 2 aromatic rings. The Labute approximate surface area is 114 Å². The molecule has 0 aliphatic rings. The molecule has 0 saturated carbocycles. The molecule has 1 aromatic heterocycles. The average Bonchev–Trinajstić information content (AvgIpc) is 2.43. The van der Waals surface area contributed by atoms with E-state index in [1.807, 2.05) is 19.1 Å². The molecule has 0 atom stereocenters. The van der Waals surface area contributed by atoms with Gasteiger partial charge in [0.15, 0.2) is 0 Å². The van der Waals surface area contributed by atoms with E-state index in [0.29, 0.717) is 6.54 Å². The maximum Gasteiger partial charge on any atom is 0.138 e. The molecule has 3 nitrogen and oxygen atoms in total. The van der Waals surface area contributed by atoms with Gasteiger partial charge in [-0.1, -0.05) is 30.3 Å². The third-order valence-electron chi connectivity index (χ3n) is 3.04. The van der Waals surface area contributed by atoms with E-state index in [1.54, 1.807) is 6.07 Å². The summed E-state index contributed by atoms with van der Waals surface area (Å²) in [6.45, 7) is 3.46. The van der Waals surface area contributed by atoms with Crippen LogP contribution in [0.2, 0.25) is 0 Å². The van der Waals surface area contributed by atoms with E-state index in [9.17, 15) is 5.11 Å². The Balaban J connectivity index is 1.71. The maximum atomic E-state index is 9.67. The van der Waals surface area contributed by atoms with E-state index in [-0.39, 0.29) is 5.75 Å². The molecule has 2 N–H and O–H groups in total. The van der Waals surface area contributed by atoms with Crippen LogP contribution in [-0.2, 0) is 13.0 Å². The van der Waals surface area contributed by atoms with Crippen LogP contribution in [0.25, 0.3) is 0 Å². The lowest BCUT2D eigenvalue weighted by Crippen LogP contribution is -2.16. The van der Waals surface area contributed by atoms with Gasteiger partial charge in [-0.3, -0.25) is 4.98 Å². The molecular formula is C16H20N2O. The van der Waals surface area contributed by atoms with Gasteiger partial charge in [0.2, 0.25) is 0 Å². The zero-order valence-electron chi connectivity index (χ0n) is 11.3. The first kappa shape index (κ1) is 13.6. The predicted molar refractivity (Wildman–Crippen MR) is 77.1 cm³/mol. The molecule has 1 heterocycles. The van der Waals surface area contributed by atoms with Crippen molar-refractivity contribution in [2.75, 3.05) is 6.54 Å². The van der Waals surface area contributed by atoms with E-state index >= 15 is 0 Å². The van der Waals surface area contributed by atoms with Crippen molar-refractivity contribution >= 4 is 0 Å². The van der Waals surface area contributed by atoms with E-state index in [2.05, 4.69) is 34.6 Å². The zero-order valence-corrected chi connectivity index (χ0v) is 11.3. The molecule has 0 saturated heterocycles. The highest BCUT2D eigenvalue weighted by Gasteiger charge is 2.02. The van der Waals surface area contributed by atoms with Gasteiger partial charge in [0, 0.05) is 12.2 Å². The number of aromatic nitrogens is 1. The van der Waals surface area contributed by atoms with Crippen molar-refractivity contribution < 1.29 is 5.11 Å². The topological polar surface area (TPSA) is 45.1 Å². The van der Waals surface area contributed by atoms with Gasteiger partial charge in [0.05, 0.1) is 5.69 Å². The van der Waals surface area contributed by atoms with Crippen molar-refractivity contribution in [3.63, 3.8) is 0 Å². The number of nitrogens with one attached hydrogen (secondary N) is 1. The summed E-state index contributed by atoms with van der Waals surface area (Å²) in [5.74, 6) is 0.265. The molecule has 0 unspecified atom stereocenters. The van der Waals surface area contributed by atoms with Crippen LogP contribution < -0.4 is 5.32 Å². The first-order valence-electron chi connectivity index (χ1n) is 6.66. The summed E-state index contributed by atoms with van der Waals surface area (Å²) < 4.78 is 0. The fourth-order valence-electron chi connectivity index (χ4n) is 2.00. The Morgan fingerprint density at radius 2 is 1.89 bits per heavy atom. The molecule has 0 spiro atoms. The van der Waals surface area contributed by atoms with Crippen molar-refractivity contribution in [3.05, 3.63) is 59.4 Å². The second-order valence-electron chi connectivity index (χ2n) is 4.68. The molecule has 0 radical (unpaired) electrons. The molecule has 19 heavy (non-hydrogen) atoms. The van der Waals surface area contributed by atoms with Crippen LogP contribution >= 0.6 is 0 Å². The van der Waals surface area contributed by atoms with Crippen molar-refractivity contribution in [3.8, 4) is 5.75 Å². The largest absolute Gasteiger partial charge is 0.506 e. The summed E-state index contributed by atoms with van der Waals surface area (Å²) >= 11 is 0. The fraction of sp³-hybridized carbons (Fsp3) is 0.312. The van der Waals surface area contributed by atoms with Gasteiger partial charge in [-0.05, 0) is 44.0 Å². The van der Waals surface area contributed by atoms with Crippen LogP contribution in [0.3, 0.4) is 0 Å². The van der Waals surface area contributed by atoms with Gasteiger partial charge in [-0.15, -0.1) is 0 Å². The van der Waals surface area contributed by atoms with Gasteiger partial charge in [0.25, 0.3) is 0 Å². The average molecular weight is 256 g/mol. The lowest BCUT2D eigenvalue weighted by molar-refractivity contribution is 0.458. The smallest absolute Gasteiger partial charge is 0.138 e. The SMILES string of the molecule is Cc1ccc(O)c(CNCCCc2ccccc2)n1. The number of aryl methyl sites for hydroxylation is 2. The van der Waals surface area contributed by atoms with Crippen molar-refractivity contribution in [2.45, 2.75) is 26.3 Å². The quantitative estimate of drug-likeness (QED) is 0.781. The highest BCUT2D eigenvalue weighted by molar-refractivity contribution is 5.27. The second-order valence-corrected chi connectivity index (χ2v) is 4.68. The third-order valence-corrected chi connectivity index (χ3v) is 3.04. The molecule has 0 aliphatic heterocycles. The summed E-state index contributed by atoms with van der Waals surface area (Å²) in [6, 6.07) is 14.0. The van der Waals surface area contributed by atoms with Gasteiger partial charge in [0.1, 0.15) is 5.75 Å². The number of hydrogen-bond donors (Lipinski definition) is 2. The van der Waals surface area contributed by atoms with E-state index < -0.39 is 0 Å². The standard InChI is InChI=1S/C16H20N2O/c1-13-9-10-16(19)15(18-13)12-17-11-5-8-14-6-3-2-4-7-14/h2-4,6-7,9-10,17,19H,5,8,11-12H2,1H3. The molecule has 2 rings (SSSR count). The third kappa shape index (κ3) is 4.38. The molecule has 3 heteroatoms. The normalized spacial score (nSPS) is 10.6. The van der Waals surface area contributed by atoms with E-state index in [0.717, 1.165) is 30.8 Å². The molecule has 0 aliphatic carbocycles. The molecule has 1 aromatic carbocycles.